The van der Waals surface area contributed by atoms with E-state index in [1.807, 2.05) is 12.1 Å². The zero-order valence-corrected chi connectivity index (χ0v) is 15.3. The van der Waals surface area contributed by atoms with Crippen LogP contribution in [0.3, 0.4) is 0 Å². The lowest BCUT2D eigenvalue weighted by atomic mass is 9.93. The molecular weight excluding hydrogens is 380 g/mol. The fourth-order valence-corrected chi connectivity index (χ4v) is 4.20. The molecule has 3 aromatic carbocycles. The minimum absolute atomic E-state index is 0.244. The van der Waals surface area contributed by atoms with Gasteiger partial charge in [-0.3, -0.25) is 14.9 Å². The van der Waals surface area contributed by atoms with Gasteiger partial charge < -0.3 is 14.8 Å². The second kappa shape index (κ2) is 5.50. The van der Waals surface area contributed by atoms with E-state index in [1.54, 1.807) is 29.8 Å². The first-order valence-corrected chi connectivity index (χ1v) is 8.88. The average molecular weight is 393 g/mol. The minimum atomic E-state index is -0.501. The van der Waals surface area contributed by atoms with Crippen molar-refractivity contribution in [1.29, 1.82) is 0 Å². The number of aryl methyl sites for hydroxylation is 1. The molecule has 5 rings (SSSR count). The lowest BCUT2D eigenvalue weighted by molar-refractivity contribution is 0.0880. The van der Waals surface area contributed by atoms with Gasteiger partial charge in [-0.25, -0.2) is 0 Å². The van der Waals surface area contributed by atoms with Crippen LogP contribution < -0.4 is 5.32 Å². The van der Waals surface area contributed by atoms with Crippen molar-refractivity contribution < 1.29 is 19.8 Å². The number of phenolic OH excluding ortho intramolecular Hbond substituents is 2. The molecule has 0 bridgehead atoms. The quantitative estimate of drug-likeness (QED) is 0.338. The summed E-state index contributed by atoms with van der Waals surface area (Å²) >= 11 is 6.37. The van der Waals surface area contributed by atoms with Crippen molar-refractivity contribution in [3.8, 4) is 22.6 Å². The van der Waals surface area contributed by atoms with Crippen LogP contribution in [0.5, 0.6) is 11.5 Å². The van der Waals surface area contributed by atoms with Gasteiger partial charge in [0, 0.05) is 34.5 Å². The summed E-state index contributed by atoms with van der Waals surface area (Å²) < 4.78 is 1.81. The summed E-state index contributed by atoms with van der Waals surface area (Å²) in [6.45, 7) is 0. The fourth-order valence-electron chi connectivity index (χ4n) is 3.96. The van der Waals surface area contributed by atoms with Gasteiger partial charge in [0.1, 0.15) is 0 Å². The van der Waals surface area contributed by atoms with Crippen molar-refractivity contribution in [3.05, 3.63) is 58.6 Å². The third-order valence-electron chi connectivity index (χ3n) is 5.24. The SMILES string of the molecule is Cn1c2cc(O)c(O)cc2c2c3c(c(-c4ccccc4Cl)cc21)C(=O)NC3=O. The van der Waals surface area contributed by atoms with E-state index in [1.165, 1.54) is 12.1 Å². The van der Waals surface area contributed by atoms with Gasteiger partial charge in [-0.15, -0.1) is 0 Å². The van der Waals surface area contributed by atoms with Crippen molar-refractivity contribution in [1.82, 2.24) is 9.88 Å². The number of rotatable bonds is 1. The van der Waals surface area contributed by atoms with Gasteiger partial charge in [0.25, 0.3) is 11.8 Å². The molecule has 0 radical (unpaired) electrons. The molecule has 0 saturated carbocycles. The fraction of sp³-hybridized carbons (Fsp3) is 0.0476. The van der Waals surface area contributed by atoms with Crippen LogP contribution in [0.1, 0.15) is 20.7 Å². The molecule has 2 amide bonds. The molecule has 6 nitrogen and oxygen atoms in total. The molecule has 3 N–H and O–H groups in total. The van der Waals surface area contributed by atoms with Gasteiger partial charge >= 0.3 is 0 Å². The zero-order valence-electron chi connectivity index (χ0n) is 14.6. The number of amides is 2. The second-order valence-corrected chi connectivity index (χ2v) is 7.16. The van der Waals surface area contributed by atoms with Crippen LogP contribution >= 0.6 is 11.6 Å². The number of carbonyl (C=O) groups is 2. The Kier molecular flexibility index (Phi) is 3.27. The average Bonchev–Trinajstić information content (AvgIpc) is 3.10. The van der Waals surface area contributed by atoms with E-state index in [2.05, 4.69) is 5.32 Å². The van der Waals surface area contributed by atoms with Gasteiger partial charge in [-0.1, -0.05) is 29.8 Å². The Labute approximate surface area is 163 Å². The minimum Gasteiger partial charge on any atom is -0.504 e. The Balaban J connectivity index is 2.03. The highest BCUT2D eigenvalue weighted by atomic mass is 35.5. The molecule has 0 atom stereocenters. The van der Waals surface area contributed by atoms with E-state index < -0.39 is 11.8 Å². The summed E-state index contributed by atoms with van der Waals surface area (Å²) in [5.74, 6) is -1.55. The van der Waals surface area contributed by atoms with Crippen LogP contribution in [0.2, 0.25) is 5.02 Å². The Morgan fingerprint density at radius 2 is 1.57 bits per heavy atom. The van der Waals surface area contributed by atoms with Gasteiger partial charge in [0.05, 0.1) is 22.2 Å². The van der Waals surface area contributed by atoms with E-state index in [0.29, 0.717) is 38.0 Å². The van der Waals surface area contributed by atoms with Crippen LogP contribution in [0.4, 0.5) is 0 Å². The van der Waals surface area contributed by atoms with Gasteiger partial charge in [-0.05, 0) is 23.8 Å². The van der Waals surface area contributed by atoms with Gasteiger partial charge in [0.15, 0.2) is 11.5 Å². The lowest BCUT2D eigenvalue weighted by Crippen LogP contribution is -2.20. The van der Waals surface area contributed by atoms with Crippen molar-refractivity contribution in [2.45, 2.75) is 0 Å². The maximum Gasteiger partial charge on any atom is 0.259 e. The second-order valence-electron chi connectivity index (χ2n) is 6.75. The van der Waals surface area contributed by atoms with Crippen LogP contribution in [0.25, 0.3) is 32.9 Å². The highest BCUT2D eigenvalue weighted by Crippen LogP contribution is 2.43. The topological polar surface area (TPSA) is 91.6 Å². The number of fused-ring (bicyclic) bond motifs is 5. The van der Waals surface area contributed by atoms with Gasteiger partial charge in [-0.2, -0.15) is 0 Å². The highest BCUT2D eigenvalue weighted by molar-refractivity contribution is 6.36. The molecular formula is C21H13ClN2O4. The van der Waals surface area contributed by atoms with Crippen LogP contribution in [0, 0.1) is 0 Å². The molecule has 28 heavy (non-hydrogen) atoms. The molecule has 1 aliphatic heterocycles. The Bertz CT molecular complexity index is 1370. The number of benzene rings is 3. The zero-order chi connectivity index (χ0) is 19.7. The molecule has 0 aliphatic carbocycles. The molecule has 0 saturated heterocycles. The molecule has 0 unspecified atom stereocenters. The van der Waals surface area contributed by atoms with E-state index in [9.17, 15) is 19.8 Å². The normalized spacial score (nSPS) is 13.4. The van der Waals surface area contributed by atoms with Crippen molar-refractivity contribution in [3.63, 3.8) is 0 Å². The molecule has 7 heteroatoms. The van der Waals surface area contributed by atoms with Crippen molar-refractivity contribution in [2.75, 3.05) is 0 Å². The molecule has 2 heterocycles. The first-order valence-electron chi connectivity index (χ1n) is 8.50. The number of halogens is 1. The summed E-state index contributed by atoms with van der Waals surface area (Å²) in [5.41, 5.74) is 2.99. The van der Waals surface area contributed by atoms with Crippen molar-refractivity contribution in [2.24, 2.45) is 7.05 Å². The maximum atomic E-state index is 12.7. The summed E-state index contributed by atoms with van der Waals surface area (Å²) in [6, 6.07) is 11.8. The third-order valence-corrected chi connectivity index (χ3v) is 5.57. The summed E-state index contributed by atoms with van der Waals surface area (Å²) in [6.07, 6.45) is 0. The number of carbonyl (C=O) groups excluding carboxylic acids is 2. The Morgan fingerprint density at radius 1 is 0.893 bits per heavy atom. The number of hydrogen-bond donors (Lipinski definition) is 3. The molecule has 1 aliphatic rings. The number of hydrogen-bond acceptors (Lipinski definition) is 4. The number of phenols is 2. The van der Waals surface area contributed by atoms with Crippen LogP contribution in [0.15, 0.2) is 42.5 Å². The number of aromatic hydroxyl groups is 2. The number of nitrogens with one attached hydrogen (secondary N) is 1. The monoisotopic (exact) mass is 392 g/mol. The molecule has 0 fully saturated rings. The third kappa shape index (κ3) is 2.03. The summed E-state index contributed by atoms with van der Waals surface area (Å²) in [4.78, 5) is 25.3. The van der Waals surface area contributed by atoms with Gasteiger partial charge in [0.2, 0.25) is 0 Å². The van der Waals surface area contributed by atoms with E-state index in [4.69, 9.17) is 11.6 Å². The first kappa shape index (κ1) is 16.6. The first-order chi connectivity index (χ1) is 13.4. The molecule has 1 aromatic heterocycles. The highest BCUT2D eigenvalue weighted by Gasteiger charge is 2.34. The molecule has 138 valence electrons. The van der Waals surface area contributed by atoms with Crippen LogP contribution in [-0.2, 0) is 7.05 Å². The molecule has 0 spiro atoms. The molecule has 4 aromatic rings. The Morgan fingerprint density at radius 3 is 2.32 bits per heavy atom. The standard InChI is InChI=1S/C21H13ClN2O4/c1-24-13-8-16(26)15(25)7-11(13)17-14(24)6-10(9-4-2-3-5-12(9)22)18-19(17)21(28)23-20(18)27/h2-8,25-26H,1H3,(H,23,27,28). The lowest BCUT2D eigenvalue weighted by Gasteiger charge is -2.10. The maximum absolute atomic E-state index is 12.7. The number of nitrogens with zero attached hydrogens (tertiary/aromatic N) is 1. The Hall–Kier alpha value is -3.51. The van der Waals surface area contributed by atoms with E-state index in [-0.39, 0.29) is 22.6 Å². The largest absolute Gasteiger partial charge is 0.504 e. The predicted octanol–water partition coefficient (Wildman–Crippen LogP) is 3.95. The summed E-state index contributed by atoms with van der Waals surface area (Å²) in [5, 5.41) is 23.8. The van der Waals surface area contributed by atoms with Crippen molar-refractivity contribution >= 4 is 45.2 Å². The number of aromatic nitrogens is 1. The van der Waals surface area contributed by atoms with Crippen LogP contribution in [-0.4, -0.2) is 26.6 Å². The predicted molar refractivity (Wildman–Crippen MR) is 106 cm³/mol. The smallest absolute Gasteiger partial charge is 0.259 e. The number of imide groups is 1. The van der Waals surface area contributed by atoms with E-state index in [0.717, 1.165) is 0 Å². The summed E-state index contributed by atoms with van der Waals surface area (Å²) in [7, 11) is 1.79. The van der Waals surface area contributed by atoms with E-state index >= 15 is 0 Å².